The molecule has 2 aliphatic carbocycles. The van der Waals surface area contributed by atoms with Crippen LogP contribution in [0.3, 0.4) is 0 Å². The van der Waals surface area contributed by atoms with Crippen molar-refractivity contribution < 1.29 is 9.47 Å². The van der Waals surface area contributed by atoms with E-state index in [4.69, 9.17) is 50.0 Å². The van der Waals surface area contributed by atoms with Gasteiger partial charge < -0.3 is 25.1 Å². The summed E-state index contributed by atoms with van der Waals surface area (Å²) in [4.78, 5) is 17.0. The number of hydrogen-bond donors (Lipinski definition) is 2. The lowest BCUT2D eigenvalue weighted by Gasteiger charge is -2.24. The van der Waals surface area contributed by atoms with Crippen LogP contribution in [0.2, 0.25) is 15.7 Å². The lowest BCUT2D eigenvalue weighted by atomic mass is 9.95. The summed E-state index contributed by atoms with van der Waals surface area (Å²) in [6.07, 6.45) is 23.1. The Labute approximate surface area is 291 Å². The fourth-order valence-corrected chi connectivity index (χ4v) is 7.46. The second-order valence-electron chi connectivity index (χ2n) is 12.9. The molecule has 6 heterocycles. The molecule has 8 rings (SSSR count). The maximum Gasteiger partial charge on any atom is 0.226 e. The van der Waals surface area contributed by atoms with Crippen molar-refractivity contribution in [2.45, 2.75) is 127 Å². The van der Waals surface area contributed by atoms with Gasteiger partial charge in [-0.2, -0.15) is 20.1 Å². The van der Waals surface area contributed by atoms with E-state index in [-0.39, 0.29) is 23.0 Å². The first-order chi connectivity index (χ1) is 23.0. The predicted molar refractivity (Wildman–Crippen MR) is 187 cm³/mol. The summed E-state index contributed by atoms with van der Waals surface area (Å²) in [6.45, 7) is 1.56. The lowest BCUT2D eigenvalue weighted by molar-refractivity contribution is -0.0370. The van der Waals surface area contributed by atoms with E-state index in [1.54, 1.807) is 0 Å². The summed E-state index contributed by atoms with van der Waals surface area (Å²) in [5, 5.41) is 10.6. The molecular formula is C33H46Cl3N9O2. The monoisotopic (exact) mass is 705 g/mol. The molecule has 0 bridgehead atoms. The van der Waals surface area contributed by atoms with Crippen LogP contribution < -0.4 is 11.1 Å². The highest BCUT2D eigenvalue weighted by Gasteiger charge is 2.23. The topological polar surface area (TPSA) is 131 Å². The maximum absolute atomic E-state index is 6.17. The molecule has 14 heteroatoms. The average Bonchev–Trinajstić information content (AvgIpc) is 3.72. The number of aromatic nitrogens is 7. The Kier molecular flexibility index (Phi) is 12.4. The van der Waals surface area contributed by atoms with E-state index in [2.05, 4.69) is 30.4 Å². The van der Waals surface area contributed by atoms with E-state index in [0.29, 0.717) is 17.2 Å². The highest BCUT2D eigenvalue weighted by molar-refractivity contribution is 6.35. The fourth-order valence-electron chi connectivity index (χ4n) is 6.86. The Morgan fingerprint density at radius 3 is 1.94 bits per heavy atom. The quantitative estimate of drug-likeness (QED) is 0.158. The van der Waals surface area contributed by atoms with Crippen molar-refractivity contribution in [3.05, 3.63) is 34.2 Å². The van der Waals surface area contributed by atoms with Crippen LogP contribution in [-0.4, -0.2) is 59.6 Å². The van der Waals surface area contributed by atoms with Crippen LogP contribution in [0.4, 0.5) is 5.82 Å². The minimum Gasteiger partial charge on any atom is -0.367 e. The summed E-state index contributed by atoms with van der Waals surface area (Å²) in [5.74, 6) is 0.800. The van der Waals surface area contributed by atoms with E-state index in [1.165, 1.54) is 64.2 Å². The predicted octanol–water partition coefficient (Wildman–Crippen LogP) is 8.64. The molecule has 4 fully saturated rings. The summed E-state index contributed by atoms with van der Waals surface area (Å²) >= 11 is 18.0. The smallest absolute Gasteiger partial charge is 0.226 e. The molecule has 0 amide bonds. The van der Waals surface area contributed by atoms with Crippen molar-refractivity contribution in [3.63, 3.8) is 0 Å². The van der Waals surface area contributed by atoms with Gasteiger partial charge in [-0.3, -0.25) is 0 Å². The molecule has 3 N–H and O–H groups in total. The number of nitrogens with zero attached hydrogens (tertiary/aromatic N) is 7. The van der Waals surface area contributed by atoms with E-state index < -0.39 is 0 Å². The number of anilines is 1. The molecule has 0 aromatic carbocycles. The van der Waals surface area contributed by atoms with Gasteiger partial charge in [0, 0.05) is 31.5 Å². The second-order valence-corrected chi connectivity index (χ2v) is 14.0. The van der Waals surface area contributed by atoms with Gasteiger partial charge in [0.2, 0.25) is 10.6 Å². The van der Waals surface area contributed by atoms with Crippen molar-refractivity contribution in [2.24, 2.45) is 5.73 Å². The fraction of sp³-hybridized carbons (Fsp3) is 0.667. The molecule has 2 unspecified atom stereocenters. The molecule has 2 aliphatic heterocycles. The Morgan fingerprint density at radius 2 is 1.30 bits per heavy atom. The number of ether oxygens (including phenoxy) is 2. The summed E-state index contributed by atoms with van der Waals surface area (Å²) in [7, 11) is 0. The normalized spacial score (nSPS) is 22.7. The average molecular weight is 707 g/mol. The van der Waals surface area contributed by atoms with Gasteiger partial charge in [-0.1, -0.05) is 50.1 Å². The van der Waals surface area contributed by atoms with Crippen LogP contribution >= 0.6 is 34.8 Å². The highest BCUT2D eigenvalue weighted by Crippen LogP contribution is 2.31. The van der Waals surface area contributed by atoms with E-state index in [1.807, 2.05) is 27.7 Å². The van der Waals surface area contributed by atoms with Crippen molar-refractivity contribution in [1.82, 2.24) is 34.3 Å². The number of fused-ring (bicyclic) bond motifs is 2. The Bertz CT molecular complexity index is 1570. The molecule has 0 radical (unpaired) electrons. The van der Waals surface area contributed by atoms with Crippen molar-refractivity contribution in [2.75, 3.05) is 18.5 Å². The SMILES string of the molecule is Clc1nc(Cl)c2ccn(C3CCCCO3)c2n1.Clc1nc(NC2CCCCC2)c2cnn(C3CCCCO3)c2n1.NC1CCCCC1. The summed E-state index contributed by atoms with van der Waals surface area (Å²) < 4.78 is 15.4. The third-order valence-corrected chi connectivity index (χ3v) is 10.0. The van der Waals surface area contributed by atoms with Crippen molar-refractivity contribution in [1.29, 1.82) is 0 Å². The zero-order chi connectivity index (χ0) is 32.6. The van der Waals surface area contributed by atoms with E-state index in [0.717, 1.165) is 79.6 Å². The summed E-state index contributed by atoms with van der Waals surface area (Å²) in [6, 6.07) is 2.90. The second kappa shape index (κ2) is 16.9. The Balaban J connectivity index is 0.000000141. The van der Waals surface area contributed by atoms with Gasteiger partial charge in [-0.05, 0) is 93.5 Å². The molecule has 2 atom stereocenters. The van der Waals surface area contributed by atoms with Gasteiger partial charge in [0.05, 0.1) is 17.0 Å². The van der Waals surface area contributed by atoms with Gasteiger partial charge >= 0.3 is 0 Å². The van der Waals surface area contributed by atoms with Crippen LogP contribution in [0.25, 0.3) is 22.1 Å². The zero-order valence-electron chi connectivity index (χ0n) is 26.9. The third kappa shape index (κ3) is 9.05. The van der Waals surface area contributed by atoms with Crippen molar-refractivity contribution >= 4 is 62.7 Å². The molecule has 0 spiro atoms. The molecule has 47 heavy (non-hydrogen) atoms. The van der Waals surface area contributed by atoms with Crippen LogP contribution in [0.5, 0.6) is 0 Å². The molecule has 4 aromatic heterocycles. The maximum atomic E-state index is 6.17. The van der Waals surface area contributed by atoms with Crippen LogP contribution in [0.15, 0.2) is 18.5 Å². The molecule has 11 nitrogen and oxygen atoms in total. The number of nitrogens with one attached hydrogen (secondary N) is 1. The number of rotatable bonds is 4. The summed E-state index contributed by atoms with van der Waals surface area (Å²) in [5.41, 5.74) is 7.13. The van der Waals surface area contributed by atoms with E-state index in [9.17, 15) is 0 Å². The molecule has 2 saturated carbocycles. The van der Waals surface area contributed by atoms with Gasteiger partial charge in [-0.25, -0.2) is 9.67 Å². The third-order valence-electron chi connectivity index (χ3n) is 9.41. The van der Waals surface area contributed by atoms with Crippen molar-refractivity contribution in [3.8, 4) is 0 Å². The first-order valence-corrected chi connectivity index (χ1v) is 18.5. The number of nitrogens with two attached hydrogens (primary N) is 1. The number of halogens is 3. The largest absolute Gasteiger partial charge is 0.367 e. The Hall–Kier alpha value is -2.28. The van der Waals surface area contributed by atoms with Crippen LogP contribution in [-0.2, 0) is 9.47 Å². The number of hydrogen-bond acceptors (Lipinski definition) is 9. The van der Waals surface area contributed by atoms with E-state index >= 15 is 0 Å². The van der Waals surface area contributed by atoms with Gasteiger partial charge in [-0.15, -0.1) is 0 Å². The first kappa shape index (κ1) is 34.6. The molecule has 256 valence electrons. The lowest BCUT2D eigenvalue weighted by Crippen LogP contribution is -2.23. The zero-order valence-corrected chi connectivity index (χ0v) is 29.2. The van der Waals surface area contributed by atoms with Gasteiger partial charge in [0.1, 0.15) is 22.8 Å². The molecule has 4 aliphatic rings. The minimum absolute atomic E-state index is 0.0308. The van der Waals surface area contributed by atoms with Crippen LogP contribution in [0.1, 0.15) is 115 Å². The van der Waals surface area contributed by atoms with Crippen LogP contribution in [0, 0.1) is 0 Å². The highest BCUT2D eigenvalue weighted by atomic mass is 35.5. The van der Waals surface area contributed by atoms with Gasteiger partial charge in [0.25, 0.3) is 0 Å². The minimum atomic E-state index is -0.0465. The van der Waals surface area contributed by atoms with Gasteiger partial charge in [0.15, 0.2) is 11.9 Å². The standard InChI is InChI=1S/C16H22ClN5O.C11H11Cl2N3O.C6H13N/c17-16-20-14(19-11-6-2-1-3-7-11)12-10-18-22(15(12)21-16)13-8-4-5-9-23-13;12-9-7-4-5-16(8-3-1-2-6-17-8)10(7)15-11(13)14-9;7-6-4-2-1-3-5-6/h10-11,13H,1-9H2,(H,19,20,21);4-5,8H,1-3,6H2;6H,1-5,7H2. The Morgan fingerprint density at radius 1 is 0.681 bits per heavy atom. The molecular weight excluding hydrogens is 661 g/mol. The molecule has 2 saturated heterocycles. The molecule has 4 aromatic rings. The first-order valence-electron chi connectivity index (χ1n) is 17.3.